The van der Waals surface area contributed by atoms with Gasteiger partial charge in [0.05, 0.1) is 0 Å². The van der Waals surface area contributed by atoms with Crippen molar-refractivity contribution in [2.24, 2.45) is 0 Å². The third-order valence-corrected chi connectivity index (χ3v) is 4.90. The van der Waals surface area contributed by atoms with Crippen LogP contribution in [0.2, 0.25) is 0 Å². The van der Waals surface area contributed by atoms with Crippen molar-refractivity contribution < 1.29 is 0 Å². The minimum absolute atomic E-state index is 0.0523. The molecule has 0 amide bonds. The van der Waals surface area contributed by atoms with E-state index in [0.717, 1.165) is 21.3 Å². The summed E-state index contributed by atoms with van der Waals surface area (Å²) in [6.45, 7) is 4.40. The lowest BCUT2D eigenvalue weighted by Gasteiger charge is -2.23. The van der Waals surface area contributed by atoms with Crippen LogP contribution in [0.15, 0.2) is 59.1 Å². The SMILES string of the molecule is CC(C)c1ccc(C2=C[C@H](c3cccc(Br)c3)n3nnnc3N2)cc1. The van der Waals surface area contributed by atoms with Crippen molar-refractivity contribution in [1.29, 1.82) is 0 Å². The zero-order valence-electron chi connectivity index (χ0n) is 14.0. The molecule has 2 heterocycles. The number of nitrogens with one attached hydrogen (secondary N) is 1. The molecule has 6 heteroatoms. The van der Waals surface area contributed by atoms with E-state index < -0.39 is 0 Å². The molecular weight excluding hydrogens is 378 g/mol. The van der Waals surface area contributed by atoms with Gasteiger partial charge in [-0.2, -0.15) is 4.68 Å². The predicted octanol–water partition coefficient (Wildman–Crippen LogP) is 4.62. The molecule has 126 valence electrons. The zero-order chi connectivity index (χ0) is 17.4. The summed E-state index contributed by atoms with van der Waals surface area (Å²) in [6.07, 6.45) is 2.16. The molecule has 0 saturated carbocycles. The zero-order valence-corrected chi connectivity index (χ0v) is 15.6. The quantitative estimate of drug-likeness (QED) is 0.702. The van der Waals surface area contributed by atoms with Crippen molar-refractivity contribution in [3.63, 3.8) is 0 Å². The average molecular weight is 396 g/mol. The number of benzene rings is 2. The van der Waals surface area contributed by atoms with Crippen LogP contribution in [-0.4, -0.2) is 20.2 Å². The molecule has 0 radical (unpaired) electrons. The second-order valence-corrected chi connectivity index (χ2v) is 7.34. The van der Waals surface area contributed by atoms with Gasteiger partial charge in [0.1, 0.15) is 6.04 Å². The number of anilines is 1. The molecule has 4 rings (SSSR count). The number of hydrogen-bond donors (Lipinski definition) is 1. The first-order chi connectivity index (χ1) is 12.1. The molecule has 3 aromatic rings. The molecule has 0 unspecified atom stereocenters. The van der Waals surface area contributed by atoms with Crippen LogP contribution in [0.4, 0.5) is 5.95 Å². The lowest BCUT2D eigenvalue weighted by molar-refractivity contribution is 0.585. The molecule has 1 atom stereocenters. The number of tetrazole rings is 1. The topological polar surface area (TPSA) is 55.6 Å². The van der Waals surface area contributed by atoms with E-state index >= 15 is 0 Å². The monoisotopic (exact) mass is 395 g/mol. The molecule has 1 aliphatic heterocycles. The standard InChI is InChI=1S/C19H18BrN5/c1-12(2)13-6-8-14(9-7-13)17-11-18(15-4-3-5-16(20)10-15)25-19(21-17)22-23-24-25/h3-12,18H,1-2H3,(H,21,22,24)/t18-/m1/s1. The van der Waals surface area contributed by atoms with Crippen LogP contribution in [0.25, 0.3) is 5.70 Å². The van der Waals surface area contributed by atoms with Crippen molar-refractivity contribution in [1.82, 2.24) is 20.2 Å². The minimum atomic E-state index is -0.0523. The Morgan fingerprint density at radius 3 is 2.64 bits per heavy atom. The van der Waals surface area contributed by atoms with E-state index in [1.807, 2.05) is 12.1 Å². The van der Waals surface area contributed by atoms with Gasteiger partial charge in [-0.25, -0.2) is 0 Å². The van der Waals surface area contributed by atoms with Gasteiger partial charge in [0.15, 0.2) is 0 Å². The van der Waals surface area contributed by atoms with E-state index in [1.54, 1.807) is 4.68 Å². The van der Waals surface area contributed by atoms with Crippen LogP contribution in [0, 0.1) is 0 Å². The molecule has 25 heavy (non-hydrogen) atoms. The fraction of sp³-hybridized carbons (Fsp3) is 0.211. The maximum Gasteiger partial charge on any atom is 0.248 e. The molecule has 1 N–H and O–H groups in total. The summed E-state index contributed by atoms with van der Waals surface area (Å²) in [4.78, 5) is 0. The third kappa shape index (κ3) is 3.09. The van der Waals surface area contributed by atoms with E-state index in [0.29, 0.717) is 11.9 Å². The highest BCUT2D eigenvalue weighted by Crippen LogP contribution is 2.32. The first kappa shape index (κ1) is 16.0. The molecular formula is C19H18BrN5. The van der Waals surface area contributed by atoms with Gasteiger partial charge in [-0.3, -0.25) is 0 Å². The average Bonchev–Trinajstić information content (AvgIpc) is 3.09. The lowest BCUT2D eigenvalue weighted by atomic mass is 9.98. The number of nitrogens with zero attached hydrogens (tertiary/aromatic N) is 4. The van der Waals surface area contributed by atoms with Crippen LogP contribution >= 0.6 is 15.9 Å². The van der Waals surface area contributed by atoms with Crippen molar-refractivity contribution in [3.05, 3.63) is 75.8 Å². The third-order valence-electron chi connectivity index (χ3n) is 4.41. The normalized spacial score (nSPS) is 16.3. The predicted molar refractivity (Wildman–Crippen MR) is 102 cm³/mol. The fourth-order valence-electron chi connectivity index (χ4n) is 3.00. The molecule has 1 aliphatic rings. The van der Waals surface area contributed by atoms with Gasteiger partial charge < -0.3 is 5.32 Å². The number of fused-ring (bicyclic) bond motifs is 1. The van der Waals surface area contributed by atoms with E-state index in [1.165, 1.54) is 5.56 Å². The number of rotatable bonds is 3. The highest BCUT2D eigenvalue weighted by atomic mass is 79.9. The maximum atomic E-state index is 4.14. The van der Waals surface area contributed by atoms with E-state index in [2.05, 4.69) is 93.1 Å². The molecule has 0 aliphatic carbocycles. The van der Waals surface area contributed by atoms with Crippen LogP contribution in [0.5, 0.6) is 0 Å². The Labute approximate surface area is 154 Å². The highest BCUT2D eigenvalue weighted by Gasteiger charge is 2.24. The van der Waals surface area contributed by atoms with E-state index in [-0.39, 0.29) is 6.04 Å². The minimum Gasteiger partial charge on any atom is -0.323 e. The summed E-state index contributed by atoms with van der Waals surface area (Å²) in [6, 6.07) is 16.8. The maximum absolute atomic E-state index is 4.14. The first-order valence-corrected chi connectivity index (χ1v) is 9.03. The second-order valence-electron chi connectivity index (χ2n) is 6.43. The first-order valence-electron chi connectivity index (χ1n) is 8.24. The number of aromatic nitrogens is 4. The van der Waals surface area contributed by atoms with Crippen molar-refractivity contribution >= 4 is 27.6 Å². The van der Waals surface area contributed by atoms with Crippen LogP contribution in [0.3, 0.4) is 0 Å². The fourth-order valence-corrected chi connectivity index (χ4v) is 3.41. The lowest BCUT2D eigenvalue weighted by Crippen LogP contribution is -2.20. The van der Waals surface area contributed by atoms with E-state index in [9.17, 15) is 0 Å². The number of allylic oxidation sites excluding steroid dienone is 1. The van der Waals surface area contributed by atoms with Gasteiger partial charge in [-0.15, -0.1) is 0 Å². The summed E-state index contributed by atoms with van der Waals surface area (Å²) in [5, 5.41) is 15.4. The summed E-state index contributed by atoms with van der Waals surface area (Å²) >= 11 is 3.54. The molecule has 0 saturated heterocycles. The van der Waals surface area contributed by atoms with Gasteiger partial charge in [-0.05, 0) is 51.2 Å². The Balaban J connectivity index is 1.76. The molecule has 2 aromatic carbocycles. The van der Waals surface area contributed by atoms with Crippen LogP contribution in [0.1, 0.15) is 42.5 Å². The molecule has 0 fully saturated rings. The Morgan fingerprint density at radius 2 is 1.92 bits per heavy atom. The molecule has 5 nitrogen and oxygen atoms in total. The Morgan fingerprint density at radius 1 is 1.12 bits per heavy atom. The Kier molecular flexibility index (Phi) is 4.13. The van der Waals surface area contributed by atoms with Gasteiger partial charge >= 0.3 is 0 Å². The Bertz CT molecular complexity index is 927. The Hall–Kier alpha value is -2.47. The van der Waals surface area contributed by atoms with Gasteiger partial charge in [-0.1, -0.05) is 71.3 Å². The van der Waals surface area contributed by atoms with Gasteiger partial charge in [0, 0.05) is 10.2 Å². The molecule has 0 bridgehead atoms. The van der Waals surface area contributed by atoms with Crippen molar-refractivity contribution in [2.45, 2.75) is 25.8 Å². The smallest absolute Gasteiger partial charge is 0.248 e. The summed E-state index contributed by atoms with van der Waals surface area (Å²) in [5.74, 6) is 1.17. The van der Waals surface area contributed by atoms with Crippen LogP contribution in [-0.2, 0) is 0 Å². The highest BCUT2D eigenvalue weighted by molar-refractivity contribution is 9.10. The summed E-state index contributed by atoms with van der Waals surface area (Å²) in [5.41, 5.74) is 4.59. The number of halogens is 1. The van der Waals surface area contributed by atoms with E-state index in [4.69, 9.17) is 0 Å². The number of hydrogen-bond acceptors (Lipinski definition) is 4. The summed E-state index contributed by atoms with van der Waals surface area (Å²) in [7, 11) is 0. The van der Waals surface area contributed by atoms with Crippen molar-refractivity contribution in [3.8, 4) is 0 Å². The summed E-state index contributed by atoms with van der Waals surface area (Å²) < 4.78 is 2.84. The van der Waals surface area contributed by atoms with Gasteiger partial charge in [0.2, 0.25) is 5.95 Å². The molecule has 0 spiro atoms. The largest absolute Gasteiger partial charge is 0.323 e. The molecule has 1 aromatic heterocycles. The van der Waals surface area contributed by atoms with Crippen molar-refractivity contribution in [2.75, 3.05) is 5.32 Å². The van der Waals surface area contributed by atoms with Gasteiger partial charge in [0.25, 0.3) is 0 Å². The van der Waals surface area contributed by atoms with Crippen LogP contribution < -0.4 is 5.32 Å². The second kappa shape index (κ2) is 6.44.